The number of alkyl halides is 1. The van der Waals surface area contributed by atoms with E-state index in [0.717, 1.165) is 12.0 Å². The second-order valence-electron chi connectivity index (χ2n) is 5.10. The number of hydrogen-bond donors (Lipinski definition) is 1. The molecule has 2 atom stereocenters. The Labute approximate surface area is 116 Å². The van der Waals surface area contributed by atoms with Gasteiger partial charge in [-0.3, -0.25) is 4.79 Å². The molecule has 3 rings (SSSR count). The van der Waals surface area contributed by atoms with Crippen molar-refractivity contribution in [3.8, 4) is 0 Å². The predicted octanol–water partition coefficient (Wildman–Crippen LogP) is 3.03. The average molecular weight is 284 g/mol. The minimum Gasteiger partial charge on any atom is -0.381 e. The zero-order valence-corrected chi connectivity index (χ0v) is 11.2. The Morgan fingerprint density at radius 3 is 3.00 bits per heavy atom. The van der Waals surface area contributed by atoms with E-state index in [1.165, 1.54) is 6.07 Å². The minimum atomic E-state index is -0.370. The van der Waals surface area contributed by atoms with Gasteiger partial charge < -0.3 is 10.1 Å². The van der Waals surface area contributed by atoms with Gasteiger partial charge in [-0.05, 0) is 30.5 Å². The molecule has 0 radical (unpaired) electrons. The molecule has 1 aromatic rings. The summed E-state index contributed by atoms with van der Waals surface area (Å²) in [6.07, 6.45) is 1.94. The van der Waals surface area contributed by atoms with Crippen LogP contribution in [0.4, 0.5) is 10.1 Å². The van der Waals surface area contributed by atoms with E-state index in [1.54, 1.807) is 6.07 Å². The van der Waals surface area contributed by atoms with Gasteiger partial charge in [-0.1, -0.05) is 0 Å². The second-order valence-corrected chi connectivity index (χ2v) is 5.57. The Hall–Kier alpha value is -1.13. The number of amides is 1. The number of aryl methyl sites for hydroxylation is 1. The Morgan fingerprint density at radius 2 is 2.26 bits per heavy atom. The summed E-state index contributed by atoms with van der Waals surface area (Å²) in [4.78, 5) is 11.3. The Kier molecular flexibility index (Phi) is 3.46. The molecule has 102 valence electrons. The number of carbonyl (C=O) groups excluding carboxylic acids is 1. The van der Waals surface area contributed by atoms with Gasteiger partial charge in [-0.2, -0.15) is 0 Å². The van der Waals surface area contributed by atoms with Crippen molar-refractivity contribution in [1.82, 2.24) is 0 Å². The molecule has 1 amide bonds. The molecule has 2 unspecified atom stereocenters. The third-order valence-electron chi connectivity index (χ3n) is 3.79. The summed E-state index contributed by atoms with van der Waals surface area (Å²) >= 11 is 6.38. The molecular formula is C14H15ClFNO2. The van der Waals surface area contributed by atoms with E-state index >= 15 is 0 Å². The summed E-state index contributed by atoms with van der Waals surface area (Å²) in [7, 11) is 0. The number of rotatable bonds is 2. The molecule has 0 saturated carbocycles. The summed E-state index contributed by atoms with van der Waals surface area (Å²) in [5, 5.41) is 2.32. The van der Waals surface area contributed by atoms with E-state index in [-0.39, 0.29) is 23.0 Å². The largest absolute Gasteiger partial charge is 0.381 e. The van der Waals surface area contributed by atoms with E-state index in [9.17, 15) is 9.18 Å². The van der Waals surface area contributed by atoms with Gasteiger partial charge in [0.25, 0.3) is 0 Å². The van der Waals surface area contributed by atoms with Crippen molar-refractivity contribution in [3.63, 3.8) is 0 Å². The molecule has 19 heavy (non-hydrogen) atoms. The maximum absolute atomic E-state index is 14.1. The van der Waals surface area contributed by atoms with E-state index in [1.807, 2.05) is 0 Å². The summed E-state index contributed by atoms with van der Waals surface area (Å²) in [5.41, 5.74) is 2.05. The van der Waals surface area contributed by atoms with Crippen LogP contribution in [0.2, 0.25) is 0 Å². The monoisotopic (exact) mass is 283 g/mol. The lowest BCUT2D eigenvalue weighted by Gasteiger charge is -2.22. The molecular weight excluding hydrogens is 269 g/mol. The zero-order valence-electron chi connectivity index (χ0n) is 10.4. The molecule has 1 fully saturated rings. The number of nitrogens with one attached hydrogen (secondary N) is 1. The van der Waals surface area contributed by atoms with Gasteiger partial charge in [0.05, 0.1) is 12.0 Å². The van der Waals surface area contributed by atoms with Crippen LogP contribution in [-0.2, 0) is 16.0 Å². The smallest absolute Gasteiger partial charge is 0.224 e. The SMILES string of the molecule is O=C1CCc2cc(C(Cl)C3CCOC3)c(F)cc2N1. The van der Waals surface area contributed by atoms with Crippen LogP contribution in [-0.4, -0.2) is 19.1 Å². The molecule has 0 aliphatic carbocycles. The van der Waals surface area contributed by atoms with Crippen LogP contribution in [0.3, 0.4) is 0 Å². The summed E-state index contributed by atoms with van der Waals surface area (Å²) in [6, 6.07) is 3.17. The fourth-order valence-electron chi connectivity index (χ4n) is 2.67. The number of anilines is 1. The fraction of sp³-hybridized carbons (Fsp3) is 0.500. The topological polar surface area (TPSA) is 38.3 Å². The molecule has 3 nitrogen and oxygen atoms in total. The van der Waals surface area contributed by atoms with E-state index < -0.39 is 0 Å². The first kappa shape index (κ1) is 12.9. The Morgan fingerprint density at radius 1 is 1.42 bits per heavy atom. The highest BCUT2D eigenvalue weighted by Gasteiger charge is 2.29. The molecule has 1 N–H and O–H groups in total. The van der Waals surface area contributed by atoms with Crippen molar-refractivity contribution in [2.45, 2.75) is 24.6 Å². The normalized spacial score (nSPS) is 23.9. The molecule has 5 heteroatoms. The maximum Gasteiger partial charge on any atom is 0.224 e. The number of ether oxygens (including phenoxy) is 1. The first-order valence-electron chi connectivity index (χ1n) is 6.49. The number of hydrogen-bond acceptors (Lipinski definition) is 2. The third-order valence-corrected chi connectivity index (χ3v) is 4.39. The fourth-order valence-corrected chi connectivity index (χ4v) is 3.04. The lowest BCUT2D eigenvalue weighted by Crippen LogP contribution is -2.20. The van der Waals surface area contributed by atoms with Crippen molar-refractivity contribution in [2.24, 2.45) is 5.92 Å². The van der Waals surface area contributed by atoms with E-state index in [0.29, 0.717) is 37.3 Å². The van der Waals surface area contributed by atoms with Gasteiger partial charge in [0.1, 0.15) is 5.82 Å². The number of benzene rings is 1. The van der Waals surface area contributed by atoms with Crippen LogP contribution in [0, 0.1) is 11.7 Å². The molecule has 0 spiro atoms. The second kappa shape index (κ2) is 5.10. The van der Waals surface area contributed by atoms with E-state index in [4.69, 9.17) is 16.3 Å². The average Bonchev–Trinajstić information content (AvgIpc) is 2.91. The van der Waals surface area contributed by atoms with Crippen molar-refractivity contribution in [2.75, 3.05) is 18.5 Å². The number of halogens is 2. The predicted molar refractivity (Wildman–Crippen MR) is 70.9 cm³/mol. The van der Waals surface area contributed by atoms with Crippen molar-refractivity contribution in [3.05, 3.63) is 29.1 Å². The lowest BCUT2D eigenvalue weighted by atomic mass is 9.93. The standard InChI is InChI=1S/C14H15ClFNO2/c15-14(9-3-4-19-7-9)10-5-8-1-2-13(18)17-12(8)6-11(10)16/h5-6,9,14H,1-4,7H2,(H,17,18). The summed E-state index contributed by atoms with van der Waals surface area (Å²) < 4.78 is 19.4. The van der Waals surface area contributed by atoms with Crippen molar-refractivity contribution >= 4 is 23.2 Å². The highest BCUT2D eigenvalue weighted by atomic mass is 35.5. The lowest BCUT2D eigenvalue weighted by molar-refractivity contribution is -0.116. The quantitative estimate of drug-likeness (QED) is 0.847. The van der Waals surface area contributed by atoms with Crippen LogP contribution in [0.15, 0.2) is 12.1 Å². The van der Waals surface area contributed by atoms with Gasteiger partial charge in [-0.25, -0.2) is 4.39 Å². The Balaban J connectivity index is 1.91. The number of carbonyl (C=O) groups is 1. The molecule has 1 saturated heterocycles. The zero-order chi connectivity index (χ0) is 13.4. The molecule has 0 bridgehead atoms. The Bertz CT molecular complexity index is 514. The van der Waals surface area contributed by atoms with Crippen LogP contribution in [0.25, 0.3) is 0 Å². The first-order chi connectivity index (χ1) is 9.15. The molecule has 2 aliphatic heterocycles. The van der Waals surface area contributed by atoms with Gasteiger partial charge >= 0.3 is 0 Å². The van der Waals surface area contributed by atoms with E-state index in [2.05, 4.69) is 5.32 Å². The number of fused-ring (bicyclic) bond motifs is 1. The van der Waals surface area contributed by atoms with Crippen LogP contribution < -0.4 is 5.32 Å². The highest BCUT2D eigenvalue weighted by Crippen LogP contribution is 2.38. The summed E-state index contributed by atoms with van der Waals surface area (Å²) in [5.74, 6) is -0.258. The van der Waals surface area contributed by atoms with Crippen molar-refractivity contribution in [1.29, 1.82) is 0 Å². The summed E-state index contributed by atoms with van der Waals surface area (Å²) in [6.45, 7) is 1.28. The van der Waals surface area contributed by atoms with Gasteiger partial charge in [0, 0.05) is 30.2 Å². The minimum absolute atomic E-state index is 0.0636. The highest BCUT2D eigenvalue weighted by molar-refractivity contribution is 6.21. The molecule has 0 aromatic heterocycles. The molecule has 2 aliphatic rings. The van der Waals surface area contributed by atoms with Gasteiger partial charge in [0.15, 0.2) is 0 Å². The molecule has 2 heterocycles. The third kappa shape index (κ3) is 2.47. The van der Waals surface area contributed by atoms with Gasteiger partial charge in [0.2, 0.25) is 5.91 Å². The molecule has 1 aromatic carbocycles. The maximum atomic E-state index is 14.1. The van der Waals surface area contributed by atoms with Crippen molar-refractivity contribution < 1.29 is 13.9 Å². The van der Waals surface area contributed by atoms with Crippen LogP contribution in [0.5, 0.6) is 0 Å². The van der Waals surface area contributed by atoms with Crippen LogP contribution >= 0.6 is 11.6 Å². The first-order valence-corrected chi connectivity index (χ1v) is 6.93. The van der Waals surface area contributed by atoms with Crippen LogP contribution in [0.1, 0.15) is 29.3 Å². The van der Waals surface area contributed by atoms with Gasteiger partial charge in [-0.15, -0.1) is 11.6 Å².